The molecule has 9 aromatic carbocycles. The summed E-state index contributed by atoms with van der Waals surface area (Å²) in [5, 5.41) is 10.3. The second-order valence-corrected chi connectivity index (χ2v) is 15.6. The van der Waals surface area contributed by atoms with Gasteiger partial charge in [0.15, 0.2) is 0 Å². The summed E-state index contributed by atoms with van der Waals surface area (Å²) in [6.45, 7) is 0. The molecule has 1 aliphatic heterocycles. The molecule has 254 valence electrons. The molecule has 1 aliphatic carbocycles. The third kappa shape index (κ3) is 5.17. The molecule has 1 atom stereocenters. The van der Waals surface area contributed by atoms with Gasteiger partial charge in [-0.25, -0.2) is 0 Å². The maximum Gasteiger partial charge on any atom is 0.0465 e. The Morgan fingerprint density at radius 3 is 1.87 bits per heavy atom. The van der Waals surface area contributed by atoms with E-state index in [1.807, 2.05) is 11.8 Å². The van der Waals surface area contributed by atoms with Gasteiger partial charge in [0, 0.05) is 27.9 Å². The van der Waals surface area contributed by atoms with Gasteiger partial charge in [-0.2, -0.15) is 0 Å². The Bertz CT molecular complexity index is 2980. The number of hydrogen-bond donors (Lipinski definition) is 0. The fourth-order valence-electron chi connectivity index (χ4n) is 8.68. The quantitative estimate of drug-likeness (QED) is 0.164. The molecule has 1 heterocycles. The summed E-state index contributed by atoms with van der Waals surface area (Å²) >= 11 is 1.93. The van der Waals surface area contributed by atoms with Crippen LogP contribution in [0.1, 0.15) is 17.9 Å². The number of rotatable bonds is 5. The number of fused-ring (bicyclic) bond motifs is 9. The minimum Gasteiger partial charge on any atom is -0.310 e. The van der Waals surface area contributed by atoms with Gasteiger partial charge in [0.2, 0.25) is 0 Å². The van der Waals surface area contributed by atoms with Crippen molar-refractivity contribution in [2.45, 2.75) is 17.2 Å². The van der Waals surface area contributed by atoms with Crippen molar-refractivity contribution in [3.63, 3.8) is 0 Å². The van der Waals surface area contributed by atoms with Crippen LogP contribution in [0.4, 0.5) is 17.1 Å². The van der Waals surface area contributed by atoms with Crippen LogP contribution in [0.25, 0.3) is 65.3 Å². The van der Waals surface area contributed by atoms with Crippen molar-refractivity contribution in [1.82, 2.24) is 0 Å². The van der Waals surface area contributed by atoms with Gasteiger partial charge in [0.25, 0.3) is 0 Å². The first kappa shape index (κ1) is 31.2. The number of allylic oxidation sites excluding steroid dienone is 4. The first-order chi connectivity index (χ1) is 26.7. The average molecular weight is 706 g/mol. The van der Waals surface area contributed by atoms with Crippen LogP contribution in [0.3, 0.4) is 0 Å². The van der Waals surface area contributed by atoms with E-state index >= 15 is 0 Å². The van der Waals surface area contributed by atoms with Gasteiger partial charge in [0.1, 0.15) is 0 Å². The van der Waals surface area contributed by atoms with E-state index < -0.39 is 0 Å². The van der Waals surface area contributed by atoms with Crippen molar-refractivity contribution in [3.8, 4) is 22.3 Å². The maximum absolute atomic E-state index is 2.43. The van der Waals surface area contributed by atoms with E-state index in [0.29, 0.717) is 5.92 Å². The SMILES string of the molecule is C1=CCC2C(=C1)Sc1ccc(N(c3ccc(-c4ccc5ccc6ccc7ccccc7c6c5c4)cc3)c3ccc(-c4cccc5ccccc45)cc3)cc12. The summed E-state index contributed by atoms with van der Waals surface area (Å²) in [6, 6.07) is 65.2. The Labute approximate surface area is 319 Å². The van der Waals surface area contributed by atoms with Gasteiger partial charge in [-0.05, 0) is 131 Å². The molecule has 0 N–H and O–H groups in total. The van der Waals surface area contributed by atoms with E-state index in [2.05, 4.69) is 199 Å². The third-order valence-electron chi connectivity index (χ3n) is 11.4. The Hall–Kier alpha value is -6.35. The van der Waals surface area contributed by atoms with Crippen LogP contribution in [0.15, 0.2) is 204 Å². The number of nitrogens with zero attached hydrogens (tertiary/aromatic N) is 1. The molecular weight excluding hydrogens is 671 g/mol. The maximum atomic E-state index is 2.43. The van der Waals surface area contributed by atoms with E-state index in [4.69, 9.17) is 0 Å². The second kappa shape index (κ2) is 12.7. The van der Waals surface area contributed by atoms with Crippen LogP contribution in [-0.2, 0) is 0 Å². The molecule has 0 saturated carbocycles. The lowest BCUT2D eigenvalue weighted by molar-refractivity contribution is 0.837. The Morgan fingerprint density at radius 1 is 0.463 bits per heavy atom. The van der Waals surface area contributed by atoms with Gasteiger partial charge < -0.3 is 4.90 Å². The normalized spacial score (nSPS) is 14.7. The van der Waals surface area contributed by atoms with Crippen LogP contribution in [0.2, 0.25) is 0 Å². The lowest BCUT2D eigenvalue weighted by Crippen LogP contribution is -2.10. The zero-order chi connectivity index (χ0) is 35.6. The summed E-state index contributed by atoms with van der Waals surface area (Å²) < 4.78 is 0. The first-order valence-electron chi connectivity index (χ1n) is 18.8. The van der Waals surface area contributed by atoms with Crippen LogP contribution in [-0.4, -0.2) is 0 Å². The summed E-state index contributed by atoms with van der Waals surface area (Å²) in [5.74, 6) is 0.439. The molecule has 0 radical (unpaired) electrons. The molecule has 0 fully saturated rings. The molecule has 11 rings (SSSR count). The molecule has 0 aromatic heterocycles. The fourth-order valence-corrected chi connectivity index (χ4v) is 9.91. The van der Waals surface area contributed by atoms with E-state index in [1.165, 1.54) is 86.4 Å². The molecule has 1 unspecified atom stereocenters. The highest BCUT2D eigenvalue weighted by atomic mass is 32.2. The Kier molecular flexibility index (Phi) is 7.31. The summed E-state index contributed by atoms with van der Waals surface area (Å²) in [6.07, 6.45) is 7.86. The molecule has 1 nitrogen and oxygen atoms in total. The van der Waals surface area contributed by atoms with Gasteiger partial charge in [-0.1, -0.05) is 157 Å². The lowest BCUT2D eigenvalue weighted by atomic mass is 9.92. The highest BCUT2D eigenvalue weighted by molar-refractivity contribution is 8.03. The molecule has 0 amide bonds. The average Bonchev–Trinajstić information content (AvgIpc) is 3.62. The van der Waals surface area contributed by atoms with Crippen molar-refractivity contribution in [2.24, 2.45) is 0 Å². The molecule has 54 heavy (non-hydrogen) atoms. The number of thioether (sulfide) groups is 1. The van der Waals surface area contributed by atoms with E-state index in [-0.39, 0.29) is 0 Å². The molecule has 2 aliphatic rings. The topological polar surface area (TPSA) is 3.24 Å². The molecular formula is C52H35NS. The van der Waals surface area contributed by atoms with Gasteiger partial charge in [0.05, 0.1) is 0 Å². The standard InChI is InChI=1S/C52H35NS/c1-3-11-44-35(8-1)10-7-14-45(44)37-24-28-42(29-25-37)53(43-30-31-51-49(33-43)47-13-5-6-15-50(47)54-51)41-26-22-34(23-27-41)40-21-18-38-17-20-39-19-16-36-9-2-4-12-46(36)52(39)48(38)32-40/h1-12,14-33,47H,13H2. The highest BCUT2D eigenvalue weighted by Gasteiger charge is 2.29. The summed E-state index contributed by atoms with van der Waals surface area (Å²) in [7, 11) is 0. The fraction of sp³-hybridized carbons (Fsp3) is 0.0385. The van der Waals surface area contributed by atoms with Gasteiger partial charge >= 0.3 is 0 Å². The van der Waals surface area contributed by atoms with E-state index in [0.717, 1.165) is 17.8 Å². The van der Waals surface area contributed by atoms with Crippen LogP contribution in [0.5, 0.6) is 0 Å². The monoisotopic (exact) mass is 705 g/mol. The summed E-state index contributed by atoms with van der Waals surface area (Å²) in [5.41, 5.74) is 9.79. The third-order valence-corrected chi connectivity index (χ3v) is 12.6. The number of hydrogen-bond acceptors (Lipinski definition) is 2. The predicted octanol–water partition coefficient (Wildman–Crippen LogP) is 15.1. The smallest absolute Gasteiger partial charge is 0.0465 e. The molecule has 0 bridgehead atoms. The Balaban J connectivity index is 1.01. The van der Waals surface area contributed by atoms with Crippen molar-refractivity contribution in [2.75, 3.05) is 4.90 Å². The van der Waals surface area contributed by atoms with Crippen LogP contribution >= 0.6 is 11.8 Å². The minimum absolute atomic E-state index is 0.439. The Morgan fingerprint density at radius 2 is 1.07 bits per heavy atom. The molecule has 2 heteroatoms. The van der Waals surface area contributed by atoms with Crippen molar-refractivity contribution < 1.29 is 0 Å². The van der Waals surface area contributed by atoms with Crippen molar-refractivity contribution in [3.05, 3.63) is 205 Å². The van der Waals surface area contributed by atoms with Crippen LogP contribution < -0.4 is 4.90 Å². The van der Waals surface area contributed by atoms with Crippen molar-refractivity contribution in [1.29, 1.82) is 0 Å². The predicted molar refractivity (Wildman–Crippen MR) is 232 cm³/mol. The number of benzene rings is 9. The minimum atomic E-state index is 0.439. The zero-order valence-electron chi connectivity index (χ0n) is 29.6. The summed E-state index contributed by atoms with van der Waals surface area (Å²) in [4.78, 5) is 5.25. The molecule has 0 saturated heterocycles. The lowest BCUT2D eigenvalue weighted by Gasteiger charge is -2.27. The number of anilines is 3. The van der Waals surface area contributed by atoms with E-state index in [9.17, 15) is 0 Å². The van der Waals surface area contributed by atoms with Gasteiger partial charge in [-0.15, -0.1) is 0 Å². The largest absolute Gasteiger partial charge is 0.310 e. The second-order valence-electron chi connectivity index (χ2n) is 14.5. The molecule has 0 spiro atoms. The van der Waals surface area contributed by atoms with Crippen molar-refractivity contribution >= 4 is 71.9 Å². The highest BCUT2D eigenvalue weighted by Crippen LogP contribution is 2.53. The van der Waals surface area contributed by atoms with Crippen LogP contribution in [0, 0.1) is 0 Å². The van der Waals surface area contributed by atoms with E-state index in [1.54, 1.807) is 0 Å². The molecule has 9 aromatic rings. The zero-order valence-corrected chi connectivity index (χ0v) is 30.4. The first-order valence-corrected chi connectivity index (χ1v) is 19.6. The van der Waals surface area contributed by atoms with Gasteiger partial charge in [-0.3, -0.25) is 0 Å².